The van der Waals surface area contributed by atoms with E-state index >= 15 is 0 Å². The van der Waals surface area contributed by atoms with E-state index in [1.165, 1.54) is 16.7 Å². The largest absolute Gasteiger partial charge is 0.456 e. The minimum absolute atomic E-state index is 0.808. The molecule has 3 nitrogen and oxygen atoms in total. The summed E-state index contributed by atoms with van der Waals surface area (Å²) >= 11 is 0. The second-order valence-electron chi connectivity index (χ2n) is 13.3. The summed E-state index contributed by atoms with van der Waals surface area (Å²) in [5, 5.41) is 6.39. The number of furan rings is 3. The van der Waals surface area contributed by atoms with Gasteiger partial charge in [0.2, 0.25) is 0 Å². The molecule has 0 bridgehead atoms. The van der Waals surface area contributed by atoms with Gasteiger partial charge in [0.05, 0.1) is 5.56 Å². The van der Waals surface area contributed by atoms with E-state index in [9.17, 15) is 0 Å². The van der Waals surface area contributed by atoms with Crippen molar-refractivity contribution in [1.29, 1.82) is 0 Å². The fourth-order valence-corrected chi connectivity index (χ4v) is 7.76. The van der Waals surface area contributed by atoms with Crippen LogP contribution < -0.4 is 0 Å². The first-order chi connectivity index (χ1) is 25.2. The van der Waals surface area contributed by atoms with Gasteiger partial charge in [0, 0.05) is 32.3 Å². The van der Waals surface area contributed by atoms with Gasteiger partial charge >= 0.3 is 0 Å². The Bertz CT molecular complexity index is 2980. The second kappa shape index (κ2) is 10.8. The van der Waals surface area contributed by atoms with Crippen LogP contribution in [-0.2, 0) is 0 Å². The molecule has 0 saturated heterocycles. The predicted octanol–water partition coefficient (Wildman–Crippen LogP) is 14.1. The number of rotatable bonds is 4. The highest BCUT2D eigenvalue weighted by Gasteiger charge is 2.23. The Morgan fingerprint density at radius 1 is 0.235 bits per heavy atom. The van der Waals surface area contributed by atoms with Crippen LogP contribution in [0.1, 0.15) is 0 Å². The second-order valence-corrected chi connectivity index (χ2v) is 13.3. The van der Waals surface area contributed by atoms with Crippen LogP contribution >= 0.6 is 0 Å². The highest BCUT2D eigenvalue weighted by Crippen LogP contribution is 2.46. The molecule has 0 saturated carbocycles. The molecule has 8 aromatic carbocycles. The summed E-state index contributed by atoms with van der Waals surface area (Å²) in [5.41, 5.74) is 13.9. The quantitative estimate of drug-likeness (QED) is 0.190. The Morgan fingerprint density at radius 2 is 0.569 bits per heavy atom. The highest BCUT2D eigenvalue weighted by atomic mass is 16.3. The molecule has 11 aromatic rings. The molecule has 0 amide bonds. The van der Waals surface area contributed by atoms with Gasteiger partial charge in [-0.3, -0.25) is 0 Å². The van der Waals surface area contributed by atoms with E-state index in [1.807, 2.05) is 6.07 Å². The number of hydrogen-bond donors (Lipinski definition) is 0. The van der Waals surface area contributed by atoms with E-state index in [2.05, 4.69) is 164 Å². The van der Waals surface area contributed by atoms with Crippen molar-refractivity contribution < 1.29 is 13.3 Å². The topological polar surface area (TPSA) is 39.4 Å². The summed E-state index contributed by atoms with van der Waals surface area (Å²) < 4.78 is 20.0. The van der Waals surface area contributed by atoms with Crippen molar-refractivity contribution in [2.45, 2.75) is 0 Å². The van der Waals surface area contributed by atoms with Gasteiger partial charge in [-0.2, -0.15) is 0 Å². The molecule has 0 unspecified atom stereocenters. The van der Waals surface area contributed by atoms with Gasteiger partial charge in [-0.15, -0.1) is 0 Å². The lowest BCUT2D eigenvalue weighted by molar-refractivity contribution is 0.658. The van der Waals surface area contributed by atoms with Crippen LogP contribution in [0, 0.1) is 0 Å². The molecule has 11 rings (SSSR count). The Morgan fingerprint density at radius 3 is 0.980 bits per heavy atom. The minimum Gasteiger partial charge on any atom is -0.456 e. The lowest BCUT2D eigenvalue weighted by Gasteiger charge is -2.06. The number of benzene rings is 8. The summed E-state index contributed by atoms with van der Waals surface area (Å²) in [6.45, 7) is 0. The third kappa shape index (κ3) is 4.38. The van der Waals surface area contributed by atoms with Gasteiger partial charge in [0.15, 0.2) is 0 Å². The molecule has 0 atom stereocenters. The average molecular weight is 653 g/mol. The first kappa shape index (κ1) is 28.0. The molecule has 0 aliphatic heterocycles. The van der Waals surface area contributed by atoms with Crippen molar-refractivity contribution >= 4 is 65.8 Å². The van der Waals surface area contributed by atoms with E-state index in [0.717, 1.165) is 93.6 Å². The Hall–Kier alpha value is -6.84. The molecule has 3 heteroatoms. The fraction of sp³-hybridized carbons (Fsp3) is 0. The van der Waals surface area contributed by atoms with Gasteiger partial charge in [0.25, 0.3) is 0 Å². The maximum atomic E-state index is 6.80. The lowest BCUT2D eigenvalue weighted by atomic mass is 9.95. The molecule has 51 heavy (non-hydrogen) atoms. The predicted molar refractivity (Wildman–Crippen MR) is 210 cm³/mol. The monoisotopic (exact) mass is 652 g/mol. The molecule has 0 radical (unpaired) electrons. The van der Waals surface area contributed by atoms with Crippen molar-refractivity contribution in [2.24, 2.45) is 0 Å². The molecule has 238 valence electrons. The van der Waals surface area contributed by atoms with Crippen molar-refractivity contribution in [3.8, 4) is 44.5 Å². The molecule has 3 heterocycles. The first-order valence-electron chi connectivity index (χ1n) is 17.2. The Kier molecular flexibility index (Phi) is 5.96. The summed E-state index contributed by atoms with van der Waals surface area (Å²) in [6, 6.07) is 59.6. The number of hydrogen-bond acceptors (Lipinski definition) is 3. The minimum atomic E-state index is 0.808. The fourth-order valence-electron chi connectivity index (χ4n) is 7.76. The van der Waals surface area contributed by atoms with Crippen LogP contribution in [0.5, 0.6) is 0 Å². The van der Waals surface area contributed by atoms with Crippen LogP contribution in [0.25, 0.3) is 110 Å². The molecular weight excluding hydrogens is 625 g/mol. The van der Waals surface area contributed by atoms with Crippen molar-refractivity contribution in [3.63, 3.8) is 0 Å². The zero-order chi connectivity index (χ0) is 33.5. The molecule has 0 spiro atoms. The van der Waals surface area contributed by atoms with Crippen LogP contribution in [0.3, 0.4) is 0 Å². The van der Waals surface area contributed by atoms with Gasteiger partial charge in [-0.1, -0.05) is 115 Å². The van der Waals surface area contributed by atoms with Gasteiger partial charge in [0.1, 0.15) is 33.5 Å². The molecule has 0 fully saturated rings. The first-order valence-corrected chi connectivity index (χ1v) is 17.2. The normalized spacial score (nSPS) is 11.9. The van der Waals surface area contributed by atoms with Crippen LogP contribution in [0.4, 0.5) is 0 Å². The van der Waals surface area contributed by atoms with E-state index < -0.39 is 0 Å². The summed E-state index contributed by atoms with van der Waals surface area (Å²) in [5.74, 6) is 0. The summed E-state index contributed by atoms with van der Waals surface area (Å²) in [4.78, 5) is 0. The van der Waals surface area contributed by atoms with Crippen LogP contribution in [0.15, 0.2) is 183 Å². The van der Waals surface area contributed by atoms with E-state index in [-0.39, 0.29) is 0 Å². The third-order valence-electron chi connectivity index (χ3n) is 10.3. The molecule has 0 aliphatic carbocycles. The molecule has 3 aromatic heterocycles. The van der Waals surface area contributed by atoms with Crippen LogP contribution in [-0.4, -0.2) is 0 Å². The highest BCUT2D eigenvalue weighted by molar-refractivity contribution is 6.23. The van der Waals surface area contributed by atoms with Gasteiger partial charge in [-0.25, -0.2) is 0 Å². The summed E-state index contributed by atoms with van der Waals surface area (Å²) in [6.07, 6.45) is 0. The van der Waals surface area contributed by atoms with Crippen molar-refractivity contribution in [1.82, 2.24) is 0 Å². The Balaban J connectivity index is 1.21. The van der Waals surface area contributed by atoms with E-state index in [4.69, 9.17) is 13.3 Å². The molecular formula is C48H28O3. The zero-order valence-corrected chi connectivity index (χ0v) is 27.4. The summed E-state index contributed by atoms with van der Waals surface area (Å²) in [7, 11) is 0. The van der Waals surface area contributed by atoms with E-state index in [1.54, 1.807) is 0 Å². The van der Waals surface area contributed by atoms with Gasteiger partial charge in [-0.05, 0) is 93.5 Å². The smallest absolute Gasteiger partial charge is 0.147 e. The number of fused-ring (bicyclic) bond motifs is 9. The Labute approximate surface area is 292 Å². The maximum Gasteiger partial charge on any atom is 0.147 e. The molecule has 0 N–H and O–H groups in total. The van der Waals surface area contributed by atoms with Gasteiger partial charge < -0.3 is 13.3 Å². The lowest BCUT2D eigenvalue weighted by Crippen LogP contribution is -1.82. The molecule has 0 aliphatic rings. The maximum absolute atomic E-state index is 6.80. The SMILES string of the molecule is c1ccc(-c2ccc3oc4ccc(-c5c6oc7ccc(-c8ccccc8)cc7c6cc6c5oc5ccc(-c7ccccc7)cc56)cc4c3c2)cc1. The van der Waals surface area contributed by atoms with E-state index in [0.29, 0.717) is 0 Å². The van der Waals surface area contributed by atoms with Crippen LogP contribution in [0.2, 0.25) is 0 Å². The zero-order valence-electron chi connectivity index (χ0n) is 27.4. The van der Waals surface area contributed by atoms with Crippen molar-refractivity contribution in [3.05, 3.63) is 170 Å². The standard InChI is InChI=1S/C48H28O3/c1-4-10-29(11-5-1)32-16-20-42-36(24-32)37-27-35(19-23-43(37)49-42)46-47-40(38-25-33(17-21-44(38)50-47)30-12-6-2-7-13-30)28-41-39-26-34(31-14-8-3-9-15-31)18-22-45(39)51-48(41)46/h1-28H. The van der Waals surface area contributed by atoms with Crippen molar-refractivity contribution in [2.75, 3.05) is 0 Å². The average Bonchev–Trinajstić information content (AvgIpc) is 3.88. The third-order valence-corrected chi connectivity index (χ3v) is 10.3.